The number of hydrogen-bond donors (Lipinski definition) is 2. The second-order valence-electron chi connectivity index (χ2n) is 4.93. The van der Waals surface area contributed by atoms with E-state index in [1.807, 2.05) is 0 Å². The zero-order valence-electron chi connectivity index (χ0n) is 10.7. The van der Waals surface area contributed by atoms with Crippen LogP contribution in [0, 0.1) is 11.8 Å². The standard InChI is InChI=1S/C12H19ClN4O/c1-7(2)10-8(3-4-18-10)5-15-12-9(13)11(14)16-6-17-12/h6-8,10H,3-5H2,1-2H3,(H3,14,15,16,17)/t8-,10+/m1/s1. The van der Waals surface area contributed by atoms with Crippen LogP contribution in [0.25, 0.3) is 0 Å². The van der Waals surface area contributed by atoms with Crippen molar-refractivity contribution >= 4 is 23.2 Å². The van der Waals surface area contributed by atoms with Crippen LogP contribution in [0.3, 0.4) is 0 Å². The van der Waals surface area contributed by atoms with E-state index in [-0.39, 0.29) is 0 Å². The Kier molecular flexibility index (Phi) is 4.24. The lowest BCUT2D eigenvalue weighted by molar-refractivity contribution is 0.0566. The van der Waals surface area contributed by atoms with Crippen LogP contribution in [0.15, 0.2) is 6.33 Å². The molecule has 18 heavy (non-hydrogen) atoms. The molecule has 1 fully saturated rings. The van der Waals surface area contributed by atoms with Gasteiger partial charge in [0.05, 0.1) is 6.10 Å². The maximum atomic E-state index is 6.03. The molecule has 1 aromatic rings. The predicted molar refractivity (Wildman–Crippen MR) is 72.6 cm³/mol. The largest absolute Gasteiger partial charge is 0.382 e. The maximum Gasteiger partial charge on any atom is 0.150 e. The molecule has 0 spiro atoms. The Hall–Kier alpha value is -1.07. The van der Waals surface area contributed by atoms with Gasteiger partial charge < -0.3 is 15.8 Å². The summed E-state index contributed by atoms with van der Waals surface area (Å²) in [5, 5.41) is 3.62. The number of hydrogen-bond acceptors (Lipinski definition) is 5. The molecule has 2 rings (SSSR count). The Morgan fingerprint density at radius 1 is 1.56 bits per heavy atom. The molecular weight excluding hydrogens is 252 g/mol. The summed E-state index contributed by atoms with van der Waals surface area (Å²) in [7, 11) is 0. The molecule has 0 amide bonds. The Balaban J connectivity index is 1.97. The molecule has 0 aliphatic carbocycles. The SMILES string of the molecule is CC(C)[C@@H]1OCC[C@@H]1CNc1ncnc(N)c1Cl. The number of nitrogens with zero attached hydrogens (tertiary/aromatic N) is 2. The van der Waals surface area contributed by atoms with E-state index in [2.05, 4.69) is 29.1 Å². The fourth-order valence-electron chi connectivity index (χ4n) is 2.35. The minimum Gasteiger partial charge on any atom is -0.382 e. The van der Waals surface area contributed by atoms with Gasteiger partial charge >= 0.3 is 0 Å². The van der Waals surface area contributed by atoms with E-state index in [0.29, 0.717) is 34.6 Å². The zero-order valence-corrected chi connectivity index (χ0v) is 11.4. The van der Waals surface area contributed by atoms with Gasteiger partial charge in [0.25, 0.3) is 0 Å². The number of nitrogen functional groups attached to an aromatic ring is 1. The summed E-state index contributed by atoms with van der Waals surface area (Å²) in [6.45, 7) is 5.98. The molecule has 1 aliphatic heterocycles. The summed E-state index contributed by atoms with van der Waals surface area (Å²) in [5.74, 6) is 1.90. The zero-order chi connectivity index (χ0) is 13.1. The molecule has 100 valence electrons. The van der Waals surface area contributed by atoms with Gasteiger partial charge in [-0.1, -0.05) is 25.4 Å². The normalized spacial score (nSPS) is 23.6. The number of rotatable bonds is 4. The van der Waals surface area contributed by atoms with Crippen molar-refractivity contribution in [3.05, 3.63) is 11.3 Å². The topological polar surface area (TPSA) is 73.1 Å². The lowest BCUT2D eigenvalue weighted by Gasteiger charge is -2.22. The van der Waals surface area contributed by atoms with E-state index < -0.39 is 0 Å². The Morgan fingerprint density at radius 3 is 3.06 bits per heavy atom. The van der Waals surface area contributed by atoms with Gasteiger partial charge in [0.2, 0.25) is 0 Å². The Labute approximate surface area is 112 Å². The lowest BCUT2D eigenvalue weighted by atomic mass is 9.93. The molecule has 6 heteroatoms. The van der Waals surface area contributed by atoms with Crippen LogP contribution in [0.4, 0.5) is 11.6 Å². The molecule has 0 radical (unpaired) electrons. The number of aromatic nitrogens is 2. The number of anilines is 2. The van der Waals surface area contributed by atoms with E-state index in [1.165, 1.54) is 6.33 Å². The number of nitrogens with one attached hydrogen (secondary N) is 1. The third-order valence-corrected chi connectivity index (χ3v) is 3.64. The van der Waals surface area contributed by atoms with Crippen LogP contribution in [-0.4, -0.2) is 29.2 Å². The van der Waals surface area contributed by atoms with E-state index in [1.54, 1.807) is 0 Å². The van der Waals surface area contributed by atoms with Gasteiger partial charge in [-0.3, -0.25) is 0 Å². The Bertz CT molecular complexity index is 413. The summed E-state index contributed by atoms with van der Waals surface area (Å²) in [6, 6.07) is 0. The smallest absolute Gasteiger partial charge is 0.150 e. The van der Waals surface area contributed by atoms with Crippen LogP contribution in [0.5, 0.6) is 0 Å². The second kappa shape index (κ2) is 5.71. The van der Waals surface area contributed by atoms with E-state index in [0.717, 1.165) is 19.6 Å². The molecule has 1 aliphatic rings. The second-order valence-corrected chi connectivity index (χ2v) is 5.31. The van der Waals surface area contributed by atoms with Gasteiger partial charge in [0.15, 0.2) is 0 Å². The molecule has 2 atom stereocenters. The minimum atomic E-state index is 0.301. The number of ether oxygens (including phenoxy) is 1. The van der Waals surface area contributed by atoms with Gasteiger partial charge in [0, 0.05) is 19.1 Å². The van der Waals surface area contributed by atoms with E-state index >= 15 is 0 Å². The van der Waals surface area contributed by atoms with E-state index in [4.69, 9.17) is 22.1 Å². The molecule has 1 saturated heterocycles. The lowest BCUT2D eigenvalue weighted by Crippen LogP contribution is -2.28. The molecule has 0 saturated carbocycles. The summed E-state index contributed by atoms with van der Waals surface area (Å²) < 4.78 is 5.74. The minimum absolute atomic E-state index is 0.301. The molecule has 0 bridgehead atoms. The molecule has 1 aromatic heterocycles. The van der Waals surface area contributed by atoms with Crippen LogP contribution in [0.1, 0.15) is 20.3 Å². The van der Waals surface area contributed by atoms with Crippen LogP contribution in [-0.2, 0) is 4.74 Å². The molecule has 0 unspecified atom stereocenters. The third kappa shape index (κ3) is 2.84. The first-order chi connectivity index (χ1) is 8.59. The highest BCUT2D eigenvalue weighted by atomic mass is 35.5. The quantitative estimate of drug-likeness (QED) is 0.877. The summed E-state index contributed by atoms with van der Waals surface area (Å²) in [5.41, 5.74) is 5.63. The highest BCUT2D eigenvalue weighted by Gasteiger charge is 2.30. The van der Waals surface area contributed by atoms with Gasteiger partial charge in [0.1, 0.15) is 23.0 Å². The third-order valence-electron chi connectivity index (χ3n) is 3.27. The van der Waals surface area contributed by atoms with Crippen LogP contribution < -0.4 is 11.1 Å². The molecule has 2 heterocycles. The van der Waals surface area contributed by atoms with Crippen molar-refractivity contribution in [1.29, 1.82) is 0 Å². The van der Waals surface area contributed by atoms with Crippen LogP contribution in [0.2, 0.25) is 5.02 Å². The average molecular weight is 271 g/mol. The fraction of sp³-hybridized carbons (Fsp3) is 0.667. The van der Waals surface area contributed by atoms with Crippen molar-refractivity contribution in [3.63, 3.8) is 0 Å². The van der Waals surface area contributed by atoms with Crippen molar-refractivity contribution in [2.24, 2.45) is 11.8 Å². The summed E-state index contributed by atoms with van der Waals surface area (Å²) in [6.07, 6.45) is 2.78. The van der Waals surface area contributed by atoms with Gasteiger partial charge in [-0.05, 0) is 12.3 Å². The molecule has 0 aromatic carbocycles. The summed E-state index contributed by atoms with van der Waals surface area (Å²) >= 11 is 6.03. The van der Waals surface area contributed by atoms with Crippen molar-refractivity contribution in [1.82, 2.24) is 9.97 Å². The van der Waals surface area contributed by atoms with Gasteiger partial charge in [-0.15, -0.1) is 0 Å². The molecule has 5 nitrogen and oxygen atoms in total. The maximum absolute atomic E-state index is 6.03. The first-order valence-corrected chi connectivity index (χ1v) is 6.59. The van der Waals surface area contributed by atoms with Gasteiger partial charge in [-0.2, -0.15) is 0 Å². The molecule has 3 N–H and O–H groups in total. The van der Waals surface area contributed by atoms with E-state index in [9.17, 15) is 0 Å². The monoisotopic (exact) mass is 270 g/mol. The highest BCUT2D eigenvalue weighted by molar-refractivity contribution is 6.35. The van der Waals surface area contributed by atoms with Gasteiger partial charge in [-0.25, -0.2) is 9.97 Å². The summed E-state index contributed by atoms with van der Waals surface area (Å²) in [4.78, 5) is 7.93. The van der Waals surface area contributed by atoms with Crippen molar-refractivity contribution in [2.75, 3.05) is 24.2 Å². The van der Waals surface area contributed by atoms with Crippen molar-refractivity contribution in [2.45, 2.75) is 26.4 Å². The highest BCUT2D eigenvalue weighted by Crippen LogP contribution is 2.28. The first kappa shape index (κ1) is 13.4. The Morgan fingerprint density at radius 2 is 2.33 bits per heavy atom. The molecular formula is C12H19ClN4O. The first-order valence-electron chi connectivity index (χ1n) is 6.21. The average Bonchev–Trinajstić information content (AvgIpc) is 2.79. The fourth-order valence-corrected chi connectivity index (χ4v) is 2.51. The number of halogens is 1. The number of nitrogens with two attached hydrogens (primary N) is 1. The van der Waals surface area contributed by atoms with Crippen LogP contribution >= 0.6 is 11.6 Å². The predicted octanol–water partition coefficient (Wildman–Crippen LogP) is 2.19. The van der Waals surface area contributed by atoms with Crippen molar-refractivity contribution in [3.8, 4) is 0 Å². The van der Waals surface area contributed by atoms with Crippen molar-refractivity contribution < 1.29 is 4.74 Å².